The normalized spacial score (nSPS) is 11.8. The van der Waals surface area contributed by atoms with Crippen LogP contribution in [0.3, 0.4) is 0 Å². The van der Waals surface area contributed by atoms with Crippen LogP contribution in [0.15, 0.2) is 59.8 Å². The van der Waals surface area contributed by atoms with E-state index in [1.807, 2.05) is 59.2 Å². The van der Waals surface area contributed by atoms with E-state index in [0.29, 0.717) is 16.7 Å². The van der Waals surface area contributed by atoms with Crippen LogP contribution >= 0.6 is 11.8 Å². The van der Waals surface area contributed by atoms with Crippen LogP contribution in [0.25, 0.3) is 17.1 Å². The van der Waals surface area contributed by atoms with Crippen molar-refractivity contribution < 1.29 is 14.3 Å². The van der Waals surface area contributed by atoms with Crippen molar-refractivity contribution in [2.24, 2.45) is 0 Å². The standard InChI is InChI=1S/C19H19N3O3S/c1-13(18(23)25-3)26-19-21-20-17(15-11-7-8-12-16(15)24-2)22(19)14-9-5-4-6-10-14/h4-13H,1-3H3. The van der Waals surface area contributed by atoms with Crippen molar-refractivity contribution in [3.8, 4) is 22.8 Å². The summed E-state index contributed by atoms with van der Waals surface area (Å²) in [6.07, 6.45) is 0. The first-order valence-corrected chi connectivity index (χ1v) is 8.92. The molecule has 2 aromatic carbocycles. The molecule has 1 atom stereocenters. The van der Waals surface area contributed by atoms with E-state index in [0.717, 1.165) is 11.3 Å². The first kappa shape index (κ1) is 18.0. The highest BCUT2D eigenvalue weighted by Gasteiger charge is 2.23. The molecule has 134 valence electrons. The third kappa shape index (κ3) is 3.57. The number of nitrogens with zero attached hydrogens (tertiary/aromatic N) is 3. The van der Waals surface area contributed by atoms with E-state index in [4.69, 9.17) is 9.47 Å². The van der Waals surface area contributed by atoms with Gasteiger partial charge in [0.15, 0.2) is 11.0 Å². The summed E-state index contributed by atoms with van der Waals surface area (Å²) in [5, 5.41) is 8.88. The molecule has 0 aliphatic carbocycles. The average Bonchev–Trinajstić information content (AvgIpc) is 3.11. The number of rotatable bonds is 6. The predicted molar refractivity (Wildman–Crippen MR) is 101 cm³/mol. The molecule has 26 heavy (non-hydrogen) atoms. The average molecular weight is 369 g/mol. The number of ether oxygens (including phenoxy) is 2. The number of methoxy groups -OCH3 is 2. The number of thioether (sulfide) groups is 1. The molecule has 0 spiro atoms. The largest absolute Gasteiger partial charge is 0.496 e. The summed E-state index contributed by atoms with van der Waals surface area (Å²) in [6.45, 7) is 1.78. The quantitative estimate of drug-likeness (QED) is 0.489. The molecular weight excluding hydrogens is 350 g/mol. The molecule has 0 radical (unpaired) electrons. The zero-order valence-electron chi connectivity index (χ0n) is 14.7. The summed E-state index contributed by atoms with van der Waals surface area (Å²) < 4.78 is 12.2. The smallest absolute Gasteiger partial charge is 0.318 e. The van der Waals surface area contributed by atoms with Crippen LogP contribution in [0.5, 0.6) is 5.75 Å². The number of carbonyl (C=O) groups excluding carboxylic acids is 1. The van der Waals surface area contributed by atoms with Gasteiger partial charge in [-0.2, -0.15) is 0 Å². The molecular formula is C19H19N3O3S. The maximum atomic E-state index is 11.8. The zero-order valence-corrected chi connectivity index (χ0v) is 15.6. The topological polar surface area (TPSA) is 66.2 Å². The second-order valence-corrected chi connectivity index (χ2v) is 6.77. The molecule has 6 nitrogen and oxygen atoms in total. The molecule has 0 aliphatic rings. The molecule has 0 fully saturated rings. The van der Waals surface area contributed by atoms with Crippen LogP contribution in [-0.2, 0) is 9.53 Å². The zero-order chi connectivity index (χ0) is 18.5. The Hall–Kier alpha value is -2.80. The van der Waals surface area contributed by atoms with E-state index in [9.17, 15) is 4.79 Å². The molecule has 1 aromatic heterocycles. The summed E-state index contributed by atoms with van der Waals surface area (Å²) in [5.74, 6) is 1.04. The number of carbonyl (C=O) groups is 1. The van der Waals surface area contributed by atoms with Crippen LogP contribution in [0.2, 0.25) is 0 Å². The van der Waals surface area contributed by atoms with Crippen LogP contribution in [0.1, 0.15) is 6.92 Å². The Kier molecular flexibility index (Phi) is 5.58. The fourth-order valence-corrected chi connectivity index (χ4v) is 3.43. The van der Waals surface area contributed by atoms with Crippen molar-refractivity contribution in [3.63, 3.8) is 0 Å². The number of aromatic nitrogens is 3. The lowest BCUT2D eigenvalue weighted by Gasteiger charge is -2.13. The summed E-state index contributed by atoms with van der Waals surface area (Å²) in [5.41, 5.74) is 1.72. The molecule has 1 unspecified atom stereocenters. The monoisotopic (exact) mass is 369 g/mol. The Morgan fingerprint density at radius 1 is 1.04 bits per heavy atom. The number of hydrogen-bond acceptors (Lipinski definition) is 6. The van der Waals surface area contributed by atoms with E-state index >= 15 is 0 Å². The lowest BCUT2D eigenvalue weighted by molar-refractivity contribution is -0.139. The summed E-state index contributed by atoms with van der Waals surface area (Å²) >= 11 is 1.30. The molecule has 0 saturated heterocycles. The Morgan fingerprint density at radius 3 is 2.42 bits per heavy atom. The van der Waals surface area contributed by atoms with Crippen LogP contribution in [0.4, 0.5) is 0 Å². The van der Waals surface area contributed by atoms with Gasteiger partial charge in [-0.05, 0) is 31.2 Å². The summed E-state index contributed by atoms with van der Waals surface area (Å²) in [6, 6.07) is 17.4. The highest BCUT2D eigenvalue weighted by atomic mass is 32.2. The maximum absolute atomic E-state index is 11.8. The Bertz CT molecular complexity index is 896. The minimum atomic E-state index is -0.405. The Labute approximate surface area is 156 Å². The molecule has 0 saturated carbocycles. The number of benzene rings is 2. The lowest BCUT2D eigenvalue weighted by Crippen LogP contribution is -2.15. The first-order valence-electron chi connectivity index (χ1n) is 8.04. The van der Waals surface area contributed by atoms with Gasteiger partial charge in [-0.3, -0.25) is 9.36 Å². The molecule has 3 aromatic rings. The second kappa shape index (κ2) is 8.05. The molecule has 0 aliphatic heterocycles. The SMILES string of the molecule is COC(=O)C(C)Sc1nnc(-c2ccccc2OC)n1-c1ccccc1. The van der Waals surface area contributed by atoms with Gasteiger partial charge in [-0.15, -0.1) is 10.2 Å². The number of hydrogen-bond donors (Lipinski definition) is 0. The summed E-state index contributed by atoms with van der Waals surface area (Å²) in [4.78, 5) is 11.8. The van der Waals surface area contributed by atoms with E-state index in [1.54, 1.807) is 14.0 Å². The van der Waals surface area contributed by atoms with Gasteiger partial charge >= 0.3 is 5.97 Å². The maximum Gasteiger partial charge on any atom is 0.318 e. The van der Waals surface area contributed by atoms with Crippen molar-refractivity contribution in [1.29, 1.82) is 0 Å². The molecule has 0 bridgehead atoms. The fraction of sp³-hybridized carbons (Fsp3) is 0.211. The predicted octanol–water partition coefficient (Wildman–Crippen LogP) is 3.60. The molecule has 1 heterocycles. The third-order valence-electron chi connectivity index (χ3n) is 3.81. The highest BCUT2D eigenvalue weighted by Crippen LogP contribution is 2.34. The highest BCUT2D eigenvalue weighted by molar-refractivity contribution is 8.00. The minimum Gasteiger partial charge on any atom is -0.496 e. The van der Waals surface area contributed by atoms with Gasteiger partial charge in [-0.25, -0.2) is 0 Å². The van der Waals surface area contributed by atoms with Crippen molar-refractivity contribution >= 4 is 17.7 Å². The Morgan fingerprint density at radius 2 is 1.73 bits per heavy atom. The molecule has 7 heteroatoms. The van der Waals surface area contributed by atoms with E-state index in [1.165, 1.54) is 18.9 Å². The van der Waals surface area contributed by atoms with Crippen LogP contribution in [-0.4, -0.2) is 40.2 Å². The van der Waals surface area contributed by atoms with Gasteiger partial charge in [0.05, 0.1) is 19.8 Å². The van der Waals surface area contributed by atoms with Gasteiger partial charge in [-0.1, -0.05) is 42.1 Å². The lowest BCUT2D eigenvalue weighted by atomic mass is 10.2. The van der Waals surface area contributed by atoms with Crippen LogP contribution in [0, 0.1) is 0 Å². The van der Waals surface area contributed by atoms with E-state index in [2.05, 4.69) is 10.2 Å². The van der Waals surface area contributed by atoms with Crippen LogP contribution < -0.4 is 4.74 Å². The van der Waals surface area contributed by atoms with E-state index < -0.39 is 5.25 Å². The van der Waals surface area contributed by atoms with Gasteiger partial charge in [0.25, 0.3) is 0 Å². The Balaban J connectivity index is 2.13. The fourth-order valence-electron chi connectivity index (χ4n) is 2.53. The van der Waals surface area contributed by atoms with Crippen molar-refractivity contribution in [2.75, 3.05) is 14.2 Å². The van der Waals surface area contributed by atoms with Gasteiger partial charge < -0.3 is 9.47 Å². The second-order valence-electron chi connectivity index (χ2n) is 5.46. The first-order chi connectivity index (χ1) is 12.7. The number of esters is 1. The van der Waals surface area contributed by atoms with Gasteiger partial charge in [0.2, 0.25) is 0 Å². The van der Waals surface area contributed by atoms with Gasteiger partial charge in [0.1, 0.15) is 11.0 Å². The minimum absolute atomic E-state index is 0.309. The van der Waals surface area contributed by atoms with E-state index in [-0.39, 0.29) is 5.97 Å². The van der Waals surface area contributed by atoms with Crippen molar-refractivity contribution in [2.45, 2.75) is 17.3 Å². The molecule has 3 rings (SSSR count). The van der Waals surface area contributed by atoms with Gasteiger partial charge in [0, 0.05) is 5.69 Å². The number of para-hydroxylation sites is 2. The van der Waals surface area contributed by atoms with Crippen molar-refractivity contribution in [3.05, 3.63) is 54.6 Å². The molecule has 0 N–H and O–H groups in total. The molecule has 0 amide bonds. The summed E-state index contributed by atoms with van der Waals surface area (Å²) in [7, 11) is 3.00. The van der Waals surface area contributed by atoms with Crippen molar-refractivity contribution in [1.82, 2.24) is 14.8 Å². The third-order valence-corrected chi connectivity index (χ3v) is 4.83.